The molecule has 0 amide bonds. The van der Waals surface area contributed by atoms with Crippen LogP contribution >= 0.6 is 0 Å². The molecule has 1 aliphatic rings. The molecule has 1 fully saturated rings. The molecule has 0 spiro atoms. The summed E-state index contributed by atoms with van der Waals surface area (Å²) in [4.78, 5) is 0. The zero-order chi connectivity index (χ0) is 14.0. The van der Waals surface area contributed by atoms with Gasteiger partial charge in [-0.15, -0.1) is 0 Å². The first-order valence-electron chi connectivity index (χ1n) is 7.67. The van der Waals surface area contributed by atoms with Gasteiger partial charge in [0, 0.05) is 12.6 Å². The molecule has 1 aromatic rings. The van der Waals surface area contributed by atoms with Gasteiger partial charge in [-0.2, -0.15) is 0 Å². The van der Waals surface area contributed by atoms with Gasteiger partial charge in [-0.05, 0) is 62.1 Å². The highest BCUT2D eigenvalue weighted by molar-refractivity contribution is 5.37. The Morgan fingerprint density at radius 3 is 2.37 bits per heavy atom. The summed E-state index contributed by atoms with van der Waals surface area (Å²) in [6.45, 7) is 12.5. The van der Waals surface area contributed by atoms with E-state index in [1.165, 1.54) is 47.9 Å². The first-order valence-corrected chi connectivity index (χ1v) is 7.67. The lowest BCUT2D eigenvalue weighted by molar-refractivity contribution is 0.197. The average Bonchev–Trinajstić information content (AvgIpc) is 2.26. The molecule has 2 rings (SSSR count). The molecule has 0 radical (unpaired) electrons. The van der Waals surface area contributed by atoms with Crippen LogP contribution in [0.1, 0.15) is 61.8 Å². The van der Waals surface area contributed by atoms with E-state index < -0.39 is 0 Å². The Balaban J connectivity index is 1.99. The third-order valence-corrected chi connectivity index (χ3v) is 4.61. The van der Waals surface area contributed by atoms with Gasteiger partial charge in [-0.3, -0.25) is 0 Å². The molecular formula is C18H29N. The topological polar surface area (TPSA) is 12.0 Å². The van der Waals surface area contributed by atoms with Crippen molar-refractivity contribution in [3.05, 3.63) is 34.4 Å². The lowest BCUT2D eigenvalue weighted by Crippen LogP contribution is -2.37. The molecule has 0 saturated heterocycles. The number of rotatable bonds is 3. The van der Waals surface area contributed by atoms with Crippen LogP contribution in [0.15, 0.2) is 12.1 Å². The fourth-order valence-corrected chi connectivity index (χ4v) is 3.61. The molecule has 1 aromatic carbocycles. The van der Waals surface area contributed by atoms with Crippen molar-refractivity contribution in [2.24, 2.45) is 5.41 Å². The van der Waals surface area contributed by atoms with Crippen LogP contribution in [0.5, 0.6) is 0 Å². The minimum Gasteiger partial charge on any atom is -0.310 e. The Morgan fingerprint density at radius 2 is 1.79 bits per heavy atom. The van der Waals surface area contributed by atoms with Crippen molar-refractivity contribution >= 4 is 0 Å². The van der Waals surface area contributed by atoms with E-state index in [9.17, 15) is 0 Å². The lowest BCUT2D eigenvalue weighted by Gasteiger charge is -2.36. The minimum absolute atomic E-state index is 0.521. The van der Waals surface area contributed by atoms with Crippen LogP contribution in [-0.4, -0.2) is 6.04 Å². The maximum absolute atomic E-state index is 3.79. The van der Waals surface area contributed by atoms with Gasteiger partial charge in [-0.25, -0.2) is 0 Å². The van der Waals surface area contributed by atoms with Gasteiger partial charge in [0.15, 0.2) is 0 Å². The van der Waals surface area contributed by atoms with Crippen molar-refractivity contribution in [3.63, 3.8) is 0 Å². The Kier molecular flexibility index (Phi) is 4.35. The molecule has 1 nitrogen and oxygen atoms in total. The summed E-state index contributed by atoms with van der Waals surface area (Å²) < 4.78 is 0. The summed E-state index contributed by atoms with van der Waals surface area (Å²) in [7, 11) is 0. The van der Waals surface area contributed by atoms with Gasteiger partial charge in [0.1, 0.15) is 0 Å². The molecule has 1 atom stereocenters. The maximum Gasteiger partial charge on any atom is 0.0213 e. The summed E-state index contributed by atoms with van der Waals surface area (Å²) in [6.07, 6.45) is 5.41. The number of hydrogen-bond donors (Lipinski definition) is 1. The lowest BCUT2D eigenvalue weighted by atomic mass is 9.75. The molecule has 0 heterocycles. The highest BCUT2D eigenvalue weighted by Gasteiger charge is 2.27. The minimum atomic E-state index is 0.521. The molecule has 0 aromatic heterocycles. The number of benzene rings is 1. The van der Waals surface area contributed by atoms with Gasteiger partial charge in [0.05, 0.1) is 0 Å². The van der Waals surface area contributed by atoms with Gasteiger partial charge < -0.3 is 5.32 Å². The van der Waals surface area contributed by atoms with E-state index in [0.717, 1.165) is 6.54 Å². The van der Waals surface area contributed by atoms with Crippen molar-refractivity contribution in [1.82, 2.24) is 5.32 Å². The Labute approximate surface area is 118 Å². The molecule has 0 bridgehead atoms. The van der Waals surface area contributed by atoms with Crippen LogP contribution in [0, 0.1) is 26.2 Å². The molecule has 106 valence electrons. The molecule has 1 heteroatoms. The van der Waals surface area contributed by atoms with Gasteiger partial charge >= 0.3 is 0 Å². The van der Waals surface area contributed by atoms with E-state index in [1.807, 2.05) is 0 Å². The fourth-order valence-electron chi connectivity index (χ4n) is 3.61. The highest BCUT2D eigenvalue weighted by Crippen LogP contribution is 2.35. The summed E-state index contributed by atoms with van der Waals surface area (Å²) in [6, 6.07) is 5.30. The Hall–Kier alpha value is -0.820. The van der Waals surface area contributed by atoms with E-state index in [-0.39, 0.29) is 0 Å². The van der Waals surface area contributed by atoms with E-state index in [4.69, 9.17) is 0 Å². The van der Waals surface area contributed by atoms with Crippen LogP contribution in [-0.2, 0) is 6.54 Å². The van der Waals surface area contributed by atoms with Crippen LogP contribution in [0.4, 0.5) is 0 Å². The molecule has 1 N–H and O–H groups in total. The quantitative estimate of drug-likeness (QED) is 0.831. The predicted octanol–water partition coefficient (Wildman–Crippen LogP) is 4.67. The third-order valence-electron chi connectivity index (χ3n) is 4.61. The highest BCUT2D eigenvalue weighted by atomic mass is 14.9. The number of hydrogen-bond acceptors (Lipinski definition) is 1. The van der Waals surface area contributed by atoms with E-state index in [1.54, 1.807) is 0 Å². The van der Waals surface area contributed by atoms with E-state index in [2.05, 4.69) is 52.1 Å². The Morgan fingerprint density at radius 1 is 1.16 bits per heavy atom. The van der Waals surface area contributed by atoms with Crippen LogP contribution in [0.2, 0.25) is 0 Å². The SMILES string of the molecule is Cc1cc(C)c(CNC2CCCC(C)(C)C2)c(C)c1. The monoisotopic (exact) mass is 259 g/mol. The zero-order valence-electron chi connectivity index (χ0n) is 13.3. The predicted molar refractivity (Wildman–Crippen MR) is 83.5 cm³/mol. The van der Waals surface area contributed by atoms with Gasteiger partial charge in [-0.1, -0.05) is 38.0 Å². The molecule has 19 heavy (non-hydrogen) atoms. The van der Waals surface area contributed by atoms with Crippen molar-refractivity contribution in [3.8, 4) is 0 Å². The van der Waals surface area contributed by atoms with Gasteiger partial charge in [0.2, 0.25) is 0 Å². The summed E-state index contributed by atoms with van der Waals surface area (Å²) in [5.74, 6) is 0. The molecule has 1 unspecified atom stereocenters. The average molecular weight is 259 g/mol. The van der Waals surface area contributed by atoms with Crippen molar-refractivity contribution in [1.29, 1.82) is 0 Å². The number of nitrogens with one attached hydrogen (secondary N) is 1. The standard InChI is InChI=1S/C18H29N/c1-13-9-14(2)17(15(3)10-13)12-19-16-7-6-8-18(4,5)11-16/h9-10,16,19H,6-8,11-12H2,1-5H3. The second-order valence-electron chi connectivity index (χ2n) is 7.22. The van der Waals surface area contributed by atoms with Crippen LogP contribution in [0.3, 0.4) is 0 Å². The first kappa shape index (κ1) is 14.6. The molecular weight excluding hydrogens is 230 g/mol. The van der Waals surface area contributed by atoms with Crippen molar-refractivity contribution in [2.45, 2.75) is 72.9 Å². The normalized spacial score (nSPS) is 22.5. The van der Waals surface area contributed by atoms with E-state index in [0.29, 0.717) is 11.5 Å². The van der Waals surface area contributed by atoms with Crippen molar-refractivity contribution in [2.75, 3.05) is 0 Å². The first-order chi connectivity index (χ1) is 8.87. The van der Waals surface area contributed by atoms with Crippen molar-refractivity contribution < 1.29 is 0 Å². The fraction of sp³-hybridized carbons (Fsp3) is 0.667. The second-order valence-corrected chi connectivity index (χ2v) is 7.22. The Bertz CT molecular complexity index is 422. The van der Waals surface area contributed by atoms with Crippen LogP contribution < -0.4 is 5.32 Å². The summed E-state index contributed by atoms with van der Waals surface area (Å²) >= 11 is 0. The third kappa shape index (κ3) is 3.82. The smallest absolute Gasteiger partial charge is 0.0213 e. The van der Waals surface area contributed by atoms with Gasteiger partial charge in [0.25, 0.3) is 0 Å². The largest absolute Gasteiger partial charge is 0.310 e. The molecule has 0 aliphatic heterocycles. The maximum atomic E-state index is 3.79. The molecule has 1 saturated carbocycles. The zero-order valence-corrected chi connectivity index (χ0v) is 13.3. The summed E-state index contributed by atoms with van der Waals surface area (Å²) in [5.41, 5.74) is 6.25. The number of aryl methyl sites for hydroxylation is 3. The van der Waals surface area contributed by atoms with E-state index >= 15 is 0 Å². The second kappa shape index (κ2) is 5.66. The summed E-state index contributed by atoms with van der Waals surface area (Å²) in [5, 5.41) is 3.79. The van der Waals surface area contributed by atoms with Crippen LogP contribution in [0.25, 0.3) is 0 Å². The molecule has 1 aliphatic carbocycles.